The number of nitrogens with two attached hydrogens (primary N) is 1. The van der Waals surface area contributed by atoms with Gasteiger partial charge in [0.15, 0.2) is 0 Å². The molecule has 2 N–H and O–H groups in total. The summed E-state index contributed by atoms with van der Waals surface area (Å²) in [6.07, 6.45) is -5.54. The van der Waals surface area contributed by atoms with Crippen molar-refractivity contribution in [3.63, 3.8) is 0 Å². The molecule has 90 valence electrons. The molecule has 0 aliphatic carbocycles. The summed E-state index contributed by atoms with van der Waals surface area (Å²) in [5.74, 6) is -0.607. The fraction of sp³-hybridized carbons (Fsp3) is 0.400. The Hall–Kier alpha value is -0.810. The van der Waals surface area contributed by atoms with Crippen molar-refractivity contribution >= 4 is 11.6 Å². The van der Waals surface area contributed by atoms with Gasteiger partial charge in [0, 0.05) is 17.5 Å². The average molecular weight is 256 g/mol. The normalized spacial score (nSPS) is 13.9. The van der Waals surface area contributed by atoms with Gasteiger partial charge in [0.1, 0.15) is 5.82 Å². The zero-order valence-corrected chi connectivity index (χ0v) is 8.95. The van der Waals surface area contributed by atoms with Crippen LogP contribution in [0.2, 0.25) is 5.02 Å². The second-order valence-electron chi connectivity index (χ2n) is 3.46. The molecule has 0 bridgehead atoms. The second-order valence-corrected chi connectivity index (χ2v) is 3.90. The maximum absolute atomic E-state index is 12.9. The molecule has 0 saturated heterocycles. The van der Waals surface area contributed by atoms with Crippen LogP contribution in [-0.2, 0) is 0 Å². The summed E-state index contributed by atoms with van der Waals surface area (Å²) < 4.78 is 48.7. The fourth-order valence-electron chi connectivity index (χ4n) is 1.28. The average Bonchev–Trinajstić information content (AvgIpc) is 2.11. The molecule has 0 spiro atoms. The van der Waals surface area contributed by atoms with Gasteiger partial charge in [0.25, 0.3) is 0 Å². The molecule has 1 aromatic carbocycles. The molecule has 6 heteroatoms. The summed E-state index contributed by atoms with van der Waals surface area (Å²) in [7, 11) is 0. The third-order valence-electron chi connectivity index (χ3n) is 2.05. The van der Waals surface area contributed by atoms with Crippen LogP contribution in [0.25, 0.3) is 0 Å². The molecule has 1 atom stereocenters. The molecular weight excluding hydrogens is 246 g/mol. The summed E-state index contributed by atoms with van der Waals surface area (Å²) in [5, 5.41) is 0.123. The number of rotatable bonds is 3. The minimum absolute atomic E-state index is 0.123. The Kier molecular flexibility index (Phi) is 4.15. The lowest BCUT2D eigenvalue weighted by atomic mass is 10.0. The molecule has 1 aromatic rings. The Bertz CT molecular complexity index is 344. The molecule has 0 aliphatic heterocycles. The van der Waals surface area contributed by atoms with Crippen molar-refractivity contribution in [2.45, 2.75) is 25.1 Å². The van der Waals surface area contributed by atoms with Gasteiger partial charge in [0.2, 0.25) is 0 Å². The summed E-state index contributed by atoms with van der Waals surface area (Å²) in [6, 6.07) is 2.66. The fourth-order valence-corrected chi connectivity index (χ4v) is 1.51. The summed E-state index contributed by atoms with van der Waals surface area (Å²) in [6.45, 7) is 0. The first kappa shape index (κ1) is 13.3. The van der Waals surface area contributed by atoms with E-state index in [1.165, 1.54) is 6.07 Å². The first-order chi connectivity index (χ1) is 7.28. The molecular formula is C10H10ClF4N. The molecule has 0 unspecified atom stereocenters. The van der Waals surface area contributed by atoms with Crippen LogP contribution in [0.5, 0.6) is 0 Å². The van der Waals surface area contributed by atoms with Gasteiger partial charge in [0.05, 0.1) is 0 Å². The highest BCUT2D eigenvalue weighted by Crippen LogP contribution is 2.27. The van der Waals surface area contributed by atoms with Gasteiger partial charge in [-0.05, 0) is 30.2 Å². The number of hydrogen-bond donors (Lipinski definition) is 1. The van der Waals surface area contributed by atoms with Crippen molar-refractivity contribution in [3.05, 3.63) is 34.6 Å². The van der Waals surface area contributed by atoms with E-state index in [0.29, 0.717) is 0 Å². The van der Waals surface area contributed by atoms with Crippen molar-refractivity contribution in [1.82, 2.24) is 0 Å². The van der Waals surface area contributed by atoms with Gasteiger partial charge in [-0.1, -0.05) is 11.6 Å². The Morgan fingerprint density at radius 3 is 2.38 bits per heavy atom. The van der Waals surface area contributed by atoms with Crippen molar-refractivity contribution in [2.24, 2.45) is 5.73 Å². The zero-order chi connectivity index (χ0) is 12.3. The van der Waals surface area contributed by atoms with E-state index in [4.69, 9.17) is 17.3 Å². The maximum Gasteiger partial charge on any atom is 0.389 e. The van der Waals surface area contributed by atoms with Gasteiger partial charge < -0.3 is 5.73 Å². The standard InChI is InChI=1S/C10H10ClF4N/c11-7-3-6(4-8(12)5-7)9(16)1-2-10(13,14)15/h3-5,9H,1-2,16H2/t9-/m0/s1. The van der Waals surface area contributed by atoms with Gasteiger partial charge in [-0.3, -0.25) is 0 Å². The van der Waals surface area contributed by atoms with Gasteiger partial charge in [-0.2, -0.15) is 13.2 Å². The van der Waals surface area contributed by atoms with Crippen LogP contribution < -0.4 is 5.73 Å². The van der Waals surface area contributed by atoms with E-state index in [-0.39, 0.29) is 17.0 Å². The topological polar surface area (TPSA) is 26.0 Å². The molecule has 0 radical (unpaired) electrons. The quantitative estimate of drug-likeness (QED) is 0.817. The van der Waals surface area contributed by atoms with E-state index >= 15 is 0 Å². The monoisotopic (exact) mass is 255 g/mol. The number of hydrogen-bond acceptors (Lipinski definition) is 1. The first-order valence-corrected chi connectivity index (χ1v) is 4.94. The third kappa shape index (κ3) is 4.37. The Morgan fingerprint density at radius 1 is 1.25 bits per heavy atom. The van der Waals surface area contributed by atoms with Crippen LogP contribution >= 0.6 is 11.6 Å². The Morgan fingerprint density at radius 2 is 1.88 bits per heavy atom. The highest BCUT2D eigenvalue weighted by atomic mass is 35.5. The molecule has 0 fully saturated rings. The lowest BCUT2D eigenvalue weighted by Gasteiger charge is -2.13. The zero-order valence-electron chi connectivity index (χ0n) is 8.19. The lowest BCUT2D eigenvalue weighted by molar-refractivity contribution is -0.136. The van der Waals surface area contributed by atoms with Gasteiger partial charge in [-0.25, -0.2) is 4.39 Å². The number of halogens is 5. The molecule has 16 heavy (non-hydrogen) atoms. The predicted molar refractivity (Wildman–Crippen MR) is 53.6 cm³/mol. The van der Waals surface area contributed by atoms with Crippen LogP contribution in [0.4, 0.5) is 17.6 Å². The molecule has 0 saturated carbocycles. The number of alkyl halides is 3. The third-order valence-corrected chi connectivity index (χ3v) is 2.27. The van der Waals surface area contributed by atoms with E-state index in [1.807, 2.05) is 0 Å². The molecule has 1 rings (SSSR count). The SMILES string of the molecule is N[C@@H](CCC(F)(F)F)c1cc(F)cc(Cl)c1. The highest BCUT2D eigenvalue weighted by molar-refractivity contribution is 6.30. The smallest absolute Gasteiger partial charge is 0.324 e. The van der Waals surface area contributed by atoms with Crippen LogP contribution in [-0.4, -0.2) is 6.18 Å². The van der Waals surface area contributed by atoms with Crippen LogP contribution in [0.1, 0.15) is 24.4 Å². The van der Waals surface area contributed by atoms with Crippen LogP contribution in [0, 0.1) is 5.82 Å². The van der Waals surface area contributed by atoms with E-state index in [2.05, 4.69) is 0 Å². The predicted octanol–water partition coefficient (Wildman–Crippen LogP) is 3.82. The largest absolute Gasteiger partial charge is 0.389 e. The molecule has 0 aliphatic rings. The van der Waals surface area contributed by atoms with E-state index in [9.17, 15) is 17.6 Å². The summed E-state index contributed by atoms with van der Waals surface area (Å²) in [5.41, 5.74) is 5.79. The van der Waals surface area contributed by atoms with Crippen molar-refractivity contribution < 1.29 is 17.6 Å². The van der Waals surface area contributed by atoms with Crippen molar-refractivity contribution in [3.8, 4) is 0 Å². The summed E-state index contributed by atoms with van der Waals surface area (Å²) in [4.78, 5) is 0. The van der Waals surface area contributed by atoms with Crippen molar-refractivity contribution in [2.75, 3.05) is 0 Å². The highest BCUT2D eigenvalue weighted by Gasteiger charge is 2.27. The summed E-state index contributed by atoms with van der Waals surface area (Å²) >= 11 is 5.57. The number of benzene rings is 1. The maximum atomic E-state index is 12.9. The van der Waals surface area contributed by atoms with E-state index in [1.54, 1.807) is 0 Å². The molecule has 0 heterocycles. The molecule has 1 nitrogen and oxygen atoms in total. The van der Waals surface area contributed by atoms with Crippen LogP contribution in [0.3, 0.4) is 0 Å². The minimum Gasteiger partial charge on any atom is -0.324 e. The molecule has 0 aromatic heterocycles. The lowest BCUT2D eigenvalue weighted by Crippen LogP contribution is -2.15. The van der Waals surface area contributed by atoms with Gasteiger partial charge >= 0.3 is 6.18 Å². The minimum atomic E-state index is -4.26. The van der Waals surface area contributed by atoms with E-state index in [0.717, 1.165) is 12.1 Å². The van der Waals surface area contributed by atoms with Crippen LogP contribution in [0.15, 0.2) is 18.2 Å². The Balaban J connectivity index is 2.69. The van der Waals surface area contributed by atoms with Gasteiger partial charge in [-0.15, -0.1) is 0 Å². The van der Waals surface area contributed by atoms with Crippen molar-refractivity contribution in [1.29, 1.82) is 0 Å². The Labute approximate surface area is 95.2 Å². The first-order valence-electron chi connectivity index (χ1n) is 4.56. The second kappa shape index (κ2) is 5.01. The molecule has 0 amide bonds. The van der Waals surface area contributed by atoms with E-state index < -0.39 is 24.5 Å².